The quantitative estimate of drug-likeness (QED) is 0.794. The number of anilines is 1. The van der Waals surface area contributed by atoms with Crippen LogP contribution in [0.25, 0.3) is 0 Å². The molecular formula is C11H16N2O. The Morgan fingerprint density at radius 3 is 3.00 bits per heavy atom. The molecule has 1 aromatic rings. The predicted molar refractivity (Wildman–Crippen MR) is 56.6 cm³/mol. The minimum atomic E-state index is 0.521. The SMILES string of the molecule is COc1ncccc1NC(C)C1CC1. The van der Waals surface area contributed by atoms with Crippen LogP contribution in [-0.2, 0) is 0 Å². The van der Waals surface area contributed by atoms with Gasteiger partial charge in [0, 0.05) is 12.2 Å². The van der Waals surface area contributed by atoms with Crippen molar-refractivity contribution in [2.24, 2.45) is 5.92 Å². The molecule has 1 atom stereocenters. The lowest BCUT2D eigenvalue weighted by Gasteiger charge is -2.15. The molecular weight excluding hydrogens is 176 g/mol. The summed E-state index contributed by atoms with van der Waals surface area (Å²) in [7, 11) is 1.65. The van der Waals surface area contributed by atoms with E-state index >= 15 is 0 Å². The van der Waals surface area contributed by atoms with Gasteiger partial charge in [-0.25, -0.2) is 4.98 Å². The van der Waals surface area contributed by atoms with Gasteiger partial charge in [-0.05, 0) is 37.8 Å². The van der Waals surface area contributed by atoms with Crippen LogP contribution in [0.2, 0.25) is 0 Å². The summed E-state index contributed by atoms with van der Waals surface area (Å²) in [5, 5.41) is 3.44. The van der Waals surface area contributed by atoms with Crippen molar-refractivity contribution in [3.05, 3.63) is 18.3 Å². The molecule has 1 heterocycles. The molecule has 3 heteroatoms. The van der Waals surface area contributed by atoms with Crippen LogP contribution < -0.4 is 10.1 Å². The Hall–Kier alpha value is -1.25. The predicted octanol–water partition coefficient (Wildman–Crippen LogP) is 2.30. The van der Waals surface area contributed by atoms with E-state index in [4.69, 9.17) is 4.74 Å². The van der Waals surface area contributed by atoms with Gasteiger partial charge in [-0.15, -0.1) is 0 Å². The minimum Gasteiger partial charge on any atom is -0.480 e. The lowest BCUT2D eigenvalue weighted by atomic mass is 10.2. The summed E-state index contributed by atoms with van der Waals surface area (Å²) >= 11 is 0. The van der Waals surface area contributed by atoms with Crippen molar-refractivity contribution in [1.29, 1.82) is 0 Å². The number of pyridine rings is 1. The molecule has 1 aliphatic rings. The minimum absolute atomic E-state index is 0.521. The largest absolute Gasteiger partial charge is 0.480 e. The molecule has 1 saturated carbocycles. The van der Waals surface area contributed by atoms with Crippen molar-refractivity contribution in [3.63, 3.8) is 0 Å². The van der Waals surface area contributed by atoms with Crippen LogP contribution in [0, 0.1) is 5.92 Å². The van der Waals surface area contributed by atoms with Crippen molar-refractivity contribution < 1.29 is 4.74 Å². The number of nitrogens with one attached hydrogen (secondary N) is 1. The Balaban J connectivity index is 2.06. The fraction of sp³-hybridized carbons (Fsp3) is 0.545. The molecule has 14 heavy (non-hydrogen) atoms. The topological polar surface area (TPSA) is 34.1 Å². The Bertz CT molecular complexity index is 310. The van der Waals surface area contributed by atoms with Crippen molar-refractivity contribution in [3.8, 4) is 5.88 Å². The Morgan fingerprint density at radius 2 is 2.36 bits per heavy atom. The maximum absolute atomic E-state index is 5.17. The smallest absolute Gasteiger partial charge is 0.237 e. The molecule has 0 radical (unpaired) electrons. The molecule has 0 bridgehead atoms. The van der Waals surface area contributed by atoms with Crippen LogP contribution in [0.5, 0.6) is 5.88 Å². The van der Waals surface area contributed by atoms with Crippen molar-refractivity contribution in [2.45, 2.75) is 25.8 Å². The van der Waals surface area contributed by atoms with Gasteiger partial charge in [0.15, 0.2) is 0 Å². The van der Waals surface area contributed by atoms with Crippen LogP contribution in [0.4, 0.5) is 5.69 Å². The monoisotopic (exact) mass is 192 g/mol. The highest BCUT2D eigenvalue weighted by Gasteiger charge is 2.28. The summed E-state index contributed by atoms with van der Waals surface area (Å²) in [5.41, 5.74) is 0.995. The second-order valence-corrected chi connectivity index (χ2v) is 3.83. The van der Waals surface area contributed by atoms with Gasteiger partial charge in [-0.2, -0.15) is 0 Å². The van der Waals surface area contributed by atoms with Gasteiger partial charge in [-0.1, -0.05) is 0 Å². The molecule has 2 rings (SSSR count). The van der Waals surface area contributed by atoms with Gasteiger partial charge < -0.3 is 10.1 Å². The van der Waals surface area contributed by atoms with E-state index in [1.807, 2.05) is 12.1 Å². The fourth-order valence-corrected chi connectivity index (χ4v) is 1.62. The zero-order chi connectivity index (χ0) is 9.97. The second-order valence-electron chi connectivity index (χ2n) is 3.83. The molecule has 1 aromatic heterocycles. The number of hydrogen-bond acceptors (Lipinski definition) is 3. The summed E-state index contributed by atoms with van der Waals surface area (Å²) in [6, 6.07) is 4.45. The number of rotatable bonds is 4. The molecule has 3 nitrogen and oxygen atoms in total. The average molecular weight is 192 g/mol. The van der Waals surface area contributed by atoms with Gasteiger partial charge >= 0.3 is 0 Å². The highest BCUT2D eigenvalue weighted by molar-refractivity contribution is 5.52. The van der Waals surface area contributed by atoms with E-state index in [-0.39, 0.29) is 0 Å². The summed E-state index contributed by atoms with van der Waals surface area (Å²) in [5.74, 6) is 1.51. The summed E-state index contributed by atoms with van der Waals surface area (Å²) in [4.78, 5) is 4.15. The van der Waals surface area contributed by atoms with E-state index in [1.165, 1.54) is 12.8 Å². The van der Waals surface area contributed by atoms with E-state index in [0.29, 0.717) is 11.9 Å². The number of aromatic nitrogens is 1. The third-order valence-electron chi connectivity index (χ3n) is 2.68. The van der Waals surface area contributed by atoms with Crippen LogP contribution in [0.1, 0.15) is 19.8 Å². The molecule has 1 fully saturated rings. The normalized spacial score (nSPS) is 17.6. The number of methoxy groups -OCH3 is 1. The van der Waals surface area contributed by atoms with Crippen LogP contribution in [0.3, 0.4) is 0 Å². The first-order valence-corrected chi connectivity index (χ1v) is 5.07. The molecule has 1 unspecified atom stereocenters. The standard InChI is InChI=1S/C11H16N2O/c1-8(9-5-6-9)13-10-4-3-7-12-11(10)14-2/h3-4,7-9,13H,5-6H2,1-2H3. The average Bonchev–Trinajstić information content (AvgIpc) is 3.02. The Morgan fingerprint density at radius 1 is 1.57 bits per heavy atom. The lowest BCUT2D eigenvalue weighted by Crippen LogP contribution is -2.17. The first kappa shape index (κ1) is 9.31. The van der Waals surface area contributed by atoms with E-state index in [9.17, 15) is 0 Å². The van der Waals surface area contributed by atoms with Crippen LogP contribution in [0.15, 0.2) is 18.3 Å². The van der Waals surface area contributed by atoms with E-state index < -0.39 is 0 Å². The van der Waals surface area contributed by atoms with E-state index in [1.54, 1.807) is 13.3 Å². The van der Waals surface area contributed by atoms with Crippen LogP contribution >= 0.6 is 0 Å². The number of ether oxygens (including phenoxy) is 1. The van der Waals surface area contributed by atoms with E-state index in [2.05, 4.69) is 17.2 Å². The third-order valence-corrected chi connectivity index (χ3v) is 2.68. The summed E-state index contributed by atoms with van der Waals surface area (Å²) < 4.78 is 5.17. The number of hydrogen-bond donors (Lipinski definition) is 1. The number of nitrogens with zero attached hydrogens (tertiary/aromatic N) is 1. The Kier molecular flexibility index (Phi) is 2.57. The highest BCUT2D eigenvalue weighted by atomic mass is 16.5. The van der Waals surface area contributed by atoms with Gasteiger partial charge in [0.2, 0.25) is 5.88 Å². The molecule has 0 spiro atoms. The van der Waals surface area contributed by atoms with Gasteiger partial charge in [-0.3, -0.25) is 0 Å². The lowest BCUT2D eigenvalue weighted by molar-refractivity contribution is 0.399. The van der Waals surface area contributed by atoms with Gasteiger partial charge in [0.05, 0.1) is 12.8 Å². The molecule has 76 valence electrons. The molecule has 1 aliphatic carbocycles. The van der Waals surface area contributed by atoms with E-state index in [0.717, 1.165) is 11.6 Å². The first-order valence-electron chi connectivity index (χ1n) is 5.07. The maximum Gasteiger partial charge on any atom is 0.237 e. The highest BCUT2D eigenvalue weighted by Crippen LogP contribution is 2.35. The first-order chi connectivity index (χ1) is 6.81. The molecule has 0 aliphatic heterocycles. The second kappa shape index (κ2) is 3.86. The zero-order valence-electron chi connectivity index (χ0n) is 8.66. The van der Waals surface area contributed by atoms with Gasteiger partial charge in [0.1, 0.15) is 0 Å². The third kappa shape index (κ3) is 1.97. The zero-order valence-corrected chi connectivity index (χ0v) is 8.66. The molecule has 0 aromatic carbocycles. The van der Waals surface area contributed by atoms with Crippen molar-refractivity contribution in [1.82, 2.24) is 4.98 Å². The molecule has 0 amide bonds. The molecule has 0 saturated heterocycles. The summed E-state index contributed by atoms with van der Waals surface area (Å²) in [6.07, 6.45) is 4.43. The fourth-order valence-electron chi connectivity index (χ4n) is 1.62. The maximum atomic E-state index is 5.17. The van der Waals surface area contributed by atoms with Crippen LogP contribution in [-0.4, -0.2) is 18.1 Å². The van der Waals surface area contributed by atoms with Crippen molar-refractivity contribution in [2.75, 3.05) is 12.4 Å². The van der Waals surface area contributed by atoms with Crippen molar-refractivity contribution >= 4 is 5.69 Å². The Labute approximate surface area is 84.5 Å². The molecule has 1 N–H and O–H groups in total. The van der Waals surface area contributed by atoms with Gasteiger partial charge in [0.25, 0.3) is 0 Å². The summed E-state index contributed by atoms with van der Waals surface area (Å²) in [6.45, 7) is 2.21.